The fourth-order valence-electron chi connectivity index (χ4n) is 2.01. The van der Waals surface area contributed by atoms with Crippen LogP contribution < -0.4 is 9.64 Å². The lowest BCUT2D eigenvalue weighted by Gasteiger charge is -2.18. The van der Waals surface area contributed by atoms with Gasteiger partial charge in [0, 0.05) is 25.1 Å². The van der Waals surface area contributed by atoms with Gasteiger partial charge in [-0.2, -0.15) is 0 Å². The van der Waals surface area contributed by atoms with Crippen LogP contribution in [0.25, 0.3) is 0 Å². The summed E-state index contributed by atoms with van der Waals surface area (Å²) >= 11 is 0. The van der Waals surface area contributed by atoms with Gasteiger partial charge in [-0.25, -0.2) is 8.78 Å². The molecule has 5 nitrogen and oxygen atoms in total. The molecule has 7 heteroatoms. The third kappa shape index (κ3) is 2.35. The molecule has 0 spiro atoms. The molecule has 0 aromatic heterocycles. The quantitative estimate of drug-likeness (QED) is 0.902. The van der Waals surface area contributed by atoms with E-state index in [2.05, 4.69) is 0 Å². The first kappa shape index (κ1) is 13.3. The normalized spacial score (nSPS) is 18.8. The summed E-state index contributed by atoms with van der Waals surface area (Å²) in [4.78, 5) is 23.3. The number of anilines is 1. The van der Waals surface area contributed by atoms with Gasteiger partial charge in [0.1, 0.15) is 11.4 Å². The Hall–Kier alpha value is -2.18. The van der Waals surface area contributed by atoms with Crippen LogP contribution in [0.2, 0.25) is 0 Å². The summed E-state index contributed by atoms with van der Waals surface area (Å²) < 4.78 is 32.3. The maximum absolute atomic E-state index is 13.8. The molecule has 1 amide bonds. The average Bonchev–Trinajstić information content (AvgIpc) is 2.71. The van der Waals surface area contributed by atoms with E-state index in [1.165, 1.54) is 7.11 Å². The number of carboxylic acids is 1. The van der Waals surface area contributed by atoms with Crippen LogP contribution in [-0.2, 0) is 9.59 Å². The average molecular weight is 271 g/mol. The van der Waals surface area contributed by atoms with Gasteiger partial charge in [0.15, 0.2) is 11.6 Å². The van der Waals surface area contributed by atoms with Gasteiger partial charge in [0.05, 0.1) is 13.0 Å². The summed E-state index contributed by atoms with van der Waals surface area (Å²) in [5.74, 6) is -4.67. The molecule has 0 radical (unpaired) electrons. The predicted octanol–water partition coefficient (Wildman–Crippen LogP) is 1.41. The minimum atomic E-state index is -1.16. The van der Waals surface area contributed by atoms with Crippen molar-refractivity contribution in [3.05, 3.63) is 23.8 Å². The third-order valence-electron chi connectivity index (χ3n) is 2.97. The summed E-state index contributed by atoms with van der Waals surface area (Å²) in [5, 5.41) is 8.83. The minimum Gasteiger partial charge on any atom is -0.497 e. The number of amides is 1. The van der Waals surface area contributed by atoms with Crippen molar-refractivity contribution in [1.82, 2.24) is 0 Å². The number of methoxy groups -OCH3 is 1. The van der Waals surface area contributed by atoms with Crippen molar-refractivity contribution in [1.29, 1.82) is 0 Å². The molecule has 1 heterocycles. The van der Waals surface area contributed by atoms with Gasteiger partial charge in [-0.15, -0.1) is 0 Å². The number of hydrogen-bond donors (Lipinski definition) is 1. The third-order valence-corrected chi connectivity index (χ3v) is 2.97. The van der Waals surface area contributed by atoms with Crippen LogP contribution >= 0.6 is 0 Å². The van der Waals surface area contributed by atoms with Crippen molar-refractivity contribution < 1.29 is 28.2 Å². The Bertz CT molecular complexity index is 524. The molecule has 1 aliphatic heterocycles. The zero-order chi connectivity index (χ0) is 14.2. The maximum Gasteiger partial charge on any atom is 0.308 e. The first-order chi connectivity index (χ1) is 8.93. The Kier molecular flexibility index (Phi) is 3.37. The van der Waals surface area contributed by atoms with Gasteiger partial charge in [-0.3, -0.25) is 9.59 Å². The lowest BCUT2D eigenvalue weighted by atomic mass is 10.1. The molecule has 1 aromatic rings. The van der Waals surface area contributed by atoms with Gasteiger partial charge in [-0.1, -0.05) is 0 Å². The molecular formula is C12H11F2NO4. The molecule has 1 N–H and O–H groups in total. The second kappa shape index (κ2) is 4.83. The van der Waals surface area contributed by atoms with Gasteiger partial charge >= 0.3 is 5.97 Å². The number of rotatable bonds is 3. The predicted molar refractivity (Wildman–Crippen MR) is 61.0 cm³/mol. The van der Waals surface area contributed by atoms with Crippen molar-refractivity contribution >= 4 is 17.6 Å². The fraction of sp³-hybridized carbons (Fsp3) is 0.333. The van der Waals surface area contributed by atoms with Crippen molar-refractivity contribution in [2.24, 2.45) is 5.92 Å². The molecule has 1 unspecified atom stereocenters. The second-order valence-corrected chi connectivity index (χ2v) is 4.18. The van der Waals surface area contributed by atoms with E-state index in [9.17, 15) is 18.4 Å². The van der Waals surface area contributed by atoms with E-state index >= 15 is 0 Å². The van der Waals surface area contributed by atoms with E-state index in [0.717, 1.165) is 17.0 Å². The van der Waals surface area contributed by atoms with Crippen LogP contribution in [0.15, 0.2) is 12.1 Å². The van der Waals surface area contributed by atoms with Gasteiger partial charge in [0.2, 0.25) is 5.91 Å². The standard InChI is InChI=1S/C12H11F2NO4/c1-19-7-3-8(13)11(9(14)4-7)15-5-6(12(17)18)2-10(15)16/h3-4,6H,2,5H2,1H3,(H,17,18). The number of carboxylic acid groups (broad SMARTS) is 1. The number of aliphatic carboxylic acids is 1. The highest BCUT2D eigenvalue weighted by Crippen LogP contribution is 2.32. The second-order valence-electron chi connectivity index (χ2n) is 4.18. The summed E-state index contributed by atoms with van der Waals surface area (Å²) in [6.07, 6.45) is -0.264. The molecule has 19 heavy (non-hydrogen) atoms. The van der Waals surface area contributed by atoms with Gasteiger partial charge < -0.3 is 14.7 Å². The van der Waals surface area contributed by atoms with Crippen LogP contribution in [0.4, 0.5) is 14.5 Å². The smallest absolute Gasteiger partial charge is 0.308 e. The Balaban J connectivity index is 2.38. The highest BCUT2D eigenvalue weighted by molar-refractivity contribution is 5.99. The molecular weight excluding hydrogens is 260 g/mol. The SMILES string of the molecule is COc1cc(F)c(N2CC(C(=O)O)CC2=O)c(F)c1. The number of nitrogens with zero attached hydrogens (tertiary/aromatic N) is 1. The van der Waals surface area contributed by atoms with Crippen LogP contribution in [-0.4, -0.2) is 30.6 Å². The number of hydrogen-bond acceptors (Lipinski definition) is 3. The summed E-state index contributed by atoms with van der Waals surface area (Å²) in [6.45, 7) is -0.242. The van der Waals surface area contributed by atoms with E-state index < -0.39 is 35.1 Å². The Morgan fingerprint density at radius 2 is 2.00 bits per heavy atom. The van der Waals surface area contributed by atoms with Crippen LogP contribution in [0, 0.1) is 17.6 Å². The van der Waals surface area contributed by atoms with Gasteiger partial charge in [0.25, 0.3) is 0 Å². The monoisotopic (exact) mass is 271 g/mol. The van der Waals surface area contributed by atoms with Crippen molar-refractivity contribution in [2.45, 2.75) is 6.42 Å². The summed E-state index contributed by atoms with van der Waals surface area (Å²) in [7, 11) is 1.26. The number of carbonyl (C=O) groups excluding carboxylic acids is 1. The Morgan fingerprint density at radius 1 is 1.42 bits per heavy atom. The van der Waals surface area contributed by atoms with Crippen LogP contribution in [0.1, 0.15) is 6.42 Å². The van der Waals surface area contributed by atoms with E-state index in [0.29, 0.717) is 0 Å². The zero-order valence-electron chi connectivity index (χ0n) is 10.0. The molecule has 1 fully saturated rings. The lowest BCUT2D eigenvalue weighted by Crippen LogP contribution is -2.27. The molecule has 1 aliphatic rings. The zero-order valence-corrected chi connectivity index (χ0v) is 10.0. The van der Waals surface area contributed by atoms with E-state index in [1.54, 1.807) is 0 Å². The van der Waals surface area contributed by atoms with Crippen molar-refractivity contribution in [3.8, 4) is 5.75 Å². The van der Waals surface area contributed by atoms with Crippen molar-refractivity contribution in [2.75, 3.05) is 18.6 Å². The van der Waals surface area contributed by atoms with E-state index in [4.69, 9.17) is 9.84 Å². The molecule has 1 aromatic carbocycles. The highest BCUT2D eigenvalue weighted by Gasteiger charge is 2.37. The first-order valence-electron chi connectivity index (χ1n) is 5.50. The van der Waals surface area contributed by atoms with Crippen molar-refractivity contribution in [3.63, 3.8) is 0 Å². The topological polar surface area (TPSA) is 66.8 Å². The molecule has 0 aliphatic carbocycles. The lowest BCUT2D eigenvalue weighted by molar-refractivity contribution is -0.141. The van der Waals surface area contributed by atoms with Gasteiger partial charge in [-0.05, 0) is 0 Å². The number of halogens is 2. The molecule has 1 atom stereocenters. The summed E-state index contributed by atoms with van der Waals surface area (Å²) in [5.41, 5.74) is -0.533. The number of carbonyl (C=O) groups is 2. The van der Waals surface area contributed by atoms with E-state index in [-0.39, 0.29) is 18.7 Å². The molecule has 0 bridgehead atoms. The Labute approximate surface area is 107 Å². The first-order valence-corrected chi connectivity index (χ1v) is 5.50. The molecule has 102 valence electrons. The number of benzene rings is 1. The van der Waals surface area contributed by atoms with Crippen LogP contribution in [0.3, 0.4) is 0 Å². The Morgan fingerprint density at radius 3 is 2.42 bits per heavy atom. The largest absolute Gasteiger partial charge is 0.497 e. The summed E-state index contributed by atoms with van der Waals surface area (Å²) in [6, 6.07) is 1.89. The molecule has 2 rings (SSSR count). The minimum absolute atomic E-state index is 0.0137. The maximum atomic E-state index is 13.8. The number of ether oxygens (including phenoxy) is 1. The molecule has 1 saturated heterocycles. The molecule has 0 saturated carbocycles. The van der Waals surface area contributed by atoms with Crippen LogP contribution in [0.5, 0.6) is 5.75 Å². The van der Waals surface area contributed by atoms with E-state index in [1.807, 2.05) is 0 Å². The fourth-order valence-corrected chi connectivity index (χ4v) is 2.01. The highest BCUT2D eigenvalue weighted by atomic mass is 19.1.